The molecule has 0 saturated carbocycles. The van der Waals surface area contributed by atoms with E-state index in [1.54, 1.807) is 23.9 Å². The molecular formula is C15H19N3O3S. The highest BCUT2D eigenvalue weighted by Gasteiger charge is 2.38. The second-order valence-electron chi connectivity index (χ2n) is 4.99. The average molecular weight is 321 g/mol. The van der Waals surface area contributed by atoms with Gasteiger partial charge in [0.05, 0.1) is 0 Å². The number of benzene rings is 1. The van der Waals surface area contributed by atoms with Gasteiger partial charge < -0.3 is 10.6 Å². The van der Waals surface area contributed by atoms with Crippen molar-refractivity contribution in [2.24, 2.45) is 0 Å². The van der Waals surface area contributed by atoms with Crippen LogP contribution in [0.5, 0.6) is 0 Å². The molecule has 1 aliphatic heterocycles. The molecule has 1 aromatic rings. The first-order valence-electron chi connectivity index (χ1n) is 7.11. The first-order valence-corrected chi connectivity index (χ1v) is 8.33. The summed E-state index contributed by atoms with van der Waals surface area (Å²) in [4.78, 5) is 37.8. The zero-order valence-corrected chi connectivity index (χ0v) is 13.4. The van der Waals surface area contributed by atoms with Crippen LogP contribution >= 0.6 is 11.8 Å². The number of carbonyl (C=O) groups is 3. The van der Waals surface area contributed by atoms with E-state index in [0.717, 1.165) is 16.2 Å². The summed E-state index contributed by atoms with van der Waals surface area (Å²) >= 11 is 1.61. The van der Waals surface area contributed by atoms with Crippen LogP contribution in [0, 0.1) is 0 Å². The second kappa shape index (κ2) is 7.31. The van der Waals surface area contributed by atoms with Crippen LogP contribution in [0.15, 0.2) is 29.2 Å². The van der Waals surface area contributed by atoms with Crippen LogP contribution < -0.4 is 10.6 Å². The lowest BCUT2D eigenvalue weighted by molar-refractivity contribution is -0.130. The molecule has 1 fully saturated rings. The third-order valence-corrected chi connectivity index (χ3v) is 4.10. The number of imide groups is 1. The molecule has 1 aliphatic rings. The van der Waals surface area contributed by atoms with Gasteiger partial charge in [-0.2, -0.15) is 0 Å². The van der Waals surface area contributed by atoms with Crippen molar-refractivity contribution in [2.75, 3.05) is 18.1 Å². The Hall–Kier alpha value is -2.02. The Balaban J connectivity index is 1.93. The summed E-state index contributed by atoms with van der Waals surface area (Å²) in [5.74, 6) is -0.725. The summed E-state index contributed by atoms with van der Waals surface area (Å²) in [6.45, 7) is 1.67. The molecule has 1 aromatic carbocycles. The molecular weight excluding hydrogens is 302 g/mol. The maximum Gasteiger partial charge on any atom is 0.325 e. The van der Waals surface area contributed by atoms with Crippen LogP contribution in [-0.4, -0.2) is 41.6 Å². The molecule has 0 spiro atoms. The van der Waals surface area contributed by atoms with Crippen molar-refractivity contribution in [1.82, 2.24) is 10.2 Å². The number of anilines is 1. The molecule has 0 radical (unpaired) electrons. The number of thioether (sulfide) groups is 1. The SMILES string of the molecule is CCCC1NC(=O)N(CC(=O)Nc2ccc(SC)cc2)C1=O. The van der Waals surface area contributed by atoms with Crippen molar-refractivity contribution in [3.05, 3.63) is 24.3 Å². The minimum absolute atomic E-state index is 0.269. The smallest absolute Gasteiger partial charge is 0.325 e. The maximum absolute atomic E-state index is 12.0. The Morgan fingerprint density at radius 2 is 2.00 bits per heavy atom. The van der Waals surface area contributed by atoms with Gasteiger partial charge in [0.2, 0.25) is 5.91 Å². The fourth-order valence-electron chi connectivity index (χ4n) is 2.23. The Labute approximate surface area is 133 Å². The molecule has 0 aromatic heterocycles. The number of hydrogen-bond donors (Lipinski definition) is 2. The largest absolute Gasteiger partial charge is 0.326 e. The van der Waals surface area contributed by atoms with Crippen LogP contribution in [0.4, 0.5) is 10.5 Å². The van der Waals surface area contributed by atoms with E-state index in [1.165, 1.54) is 0 Å². The second-order valence-corrected chi connectivity index (χ2v) is 5.87. The Kier molecular flexibility index (Phi) is 5.43. The van der Waals surface area contributed by atoms with Crippen molar-refractivity contribution >= 4 is 35.3 Å². The van der Waals surface area contributed by atoms with E-state index in [4.69, 9.17) is 0 Å². The fourth-order valence-corrected chi connectivity index (χ4v) is 2.64. The normalized spacial score (nSPS) is 17.5. The Morgan fingerprint density at radius 3 is 2.59 bits per heavy atom. The van der Waals surface area contributed by atoms with Crippen LogP contribution in [0.25, 0.3) is 0 Å². The third kappa shape index (κ3) is 3.79. The highest BCUT2D eigenvalue weighted by Crippen LogP contribution is 2.17. The molecule has 1 heterocycles. The summed E-state index contributed by atoms with van der Waals surface area (Å²) in [6, 6.07) is 6.35. The highest BCUT2D eigenvalue weighted by molar-refractivity contribution is 7.98. The fraction of sp³-hybridized carbons (Fsp3) is 0.400. The van der Waals surface area contributed by atoms with Gasteiger partial charge in [-0.3, -0.25) is 14.5 Å². The van der Waals surface area contributed by atoms with Crippen LogP contribution in [0.2, 0.25) is 0 Å². The van der Waals surface area contributed by atoms with Crippen LogP contribution in [-0.2, 0) is 9.59 Å². The van der Waals surface area contributed by atoms with E-state index in [9.17, 15) is 14.4 Å². The number of rotatable bonds is 6. The van der Waals surface area contributed by atoms with E-state index in [-0.39, 0.29) is 12.5 Å². The summed E-state index contributed by atoms with van der Waals surface area (Å²) in [5.41, 5.74) is 0.639. The van der Waals surface area contributed by atoms with Crippen molar-refractivity contribution in [1.29, 1.82) is 0 Å². The van der Waals surface area contributed by atoms with Gasteiger partial charge in [0.1, 0.15) is 12.6 Å². The van der Waals surface area contributed by atoms with Crippen molar-refractivity contribution in [2.45, 2.75) is 30.7 Å². The molecule has 7 heteroatoms. The monoisotopic (exact) mass is 321 g/mol. The molecule has 118 valence electrons. The molecule has 2 N–H and O–H groups in total. The van der Waals surface area contributed by atoms with E-state index in [2.05, 4.69) is 10.6 Å². The van der Waals surface area contributed by atoms with E-state index < -0.39 is 18.0 Å². The topological polar surface area (TPSA) is 78.5 Å². The number of amides is 4. The quantitative estimate of drug-likeness (QED) is 0.621. The minimum atomic E-state index is -0.508. The number of nitrogens with zero attached hydrogens (tertiary/aromatic N) is 1. The lowest BCUT2D eigenvalue weighted by Crippen LogP contribution is -2.38. The molecule has 2 rings (SSSR count). The van der Waals surface area contributed by atoms with Crippen molar-refractivity contribution in [3.8, 4) is 0 Å². The predicted molar refractivity (Wildman–Crippen MR) is 85.8 cm³/mol. The first-order chi connectivity index (χ1) is 10.5. The van der Waals surface area contributed by atoms with Crippen LogP contribution in [0.1, 0.15) is 19.8 Å². The molecule has 6 nitrogen and oxygen atoms in total. The maximum atomic E-state index is 12.0. The van der Waals surface area contributed by atoms with E-state index in [0.29, 0.717) is 12.1 Å². The molecule has 1 saturated heterocycles. The van der Waals surface area contributed by atoms with Crippen molar-refractivity contribution < 1.29 is 14.4 Å². The van der Waals surface area contributed by atoms with Gasteiger partial charge in [0, 0.05) is 10.6 Å². The van der Waals surface area contributed by atoms with E-state index >= 15 is 0 Å². The van der Waals surface area contributed by atoms with Gasteiger partial charge in [-0.1, -0.05) is 13.3 Å². The summed E-state index contributed by atoms with van der Waals surface area (Å²) in [6.07, 6.45) is 3.34. The summed E-state index contributed by atoms with van der Waals surface area (Å²) in [5, 5.41) is 5.28. The summed E-state index contributed by atoms with van der Waals surface area (Å²) < 4.78 is 0. The molecule has 4 amide bonds. The molecule has 1 unspecified atom stereocenters. The standard InChI is InChI=1S/C15H19N3O3S/c1-3-4-12-14(20)18(15(21)17-12)9-13(19)16-10-5-7-11(22-2)8-6-10/h5-8,12H,3-4,9H2,1-2H3,(H,16,19)(H,17,21). The zero-order chi connectivity index (χ0) is 16.1. The lowest BCUT2D eigenvalue weighted by Gasteiger charge is -2.13. The average Bonchev–Trinajstić information content (AvgIpc) is 2.76. The Bertz CT molecular complexity index is 574. The van der Waals surface area contributed by atoms with Gasteiger partial charge >= 0.3 is 6.03 Å². The van der Waals surface area contributed by atoms with Gasteiger partial charge in [0.25, 0.3) is 5.91 Å². The van der Waals surface area contributed by atoms with E-state index in [1.807, 2.05) is 25.3 Å². The molecule has 22 heavy (non-hydrogen) atoms. The van der Waals surface area contributed by atoms with Gasteiger partial charge in [-0.15, -0.1) is 11.8 Å². The Morgan fingerprint density at radius 1 is 1.32 bits per heavy atom. The zero-order valence-electron chi connectivity index (χ0n) is 12.6. The van der Waals surface area contributed by atoms with Gasteiger partial charge in [-0.05, 0) is 36.9 Å². The summed E-state index contributed by atoms with van der Waals surface area (Å²) in [7, 11) is 0. The van der Waals surface area contributed by atoms with Gasteiger partial charge in [0.15, 0.2) is 0 Å². The lowest BCUT2D eigenvalue weighted by atomic mass is 10.2. The third-order valence-electron chi connectivity index (χ3n) is 3.36. The van der Waals surface area contributed by atoms with Crippen LogP contribution in [0.3, 0.4) is 0 Å². The molecule has 0 bridgehead atoms. The number of urea groups is 1. The molecule has 1 atom stereocenters. The number of nitrogens with one attached hydrogen (secondary N) is 2. The molecule has 0 aliphatic carbocycles. The predicted octanol–water partition coefficient (Wildman–Crippen LogP) is 2.07. The minimum Gasteiger partial charge on any atom is -0.326 e. The highest BCUT2D eigenvalue weighted by atomic mass is 32.2. The van der Waals surface area contributed by atoms with Crippen molar-refractivity contribution in [3.63, 3.8) is 0 Å². The van der Waals surface area contributed by atoms with Gasteiger partial charge in [-0.25, -0.2) is 4.79 Å². The first kappa shape index (κ1) is 16.4. The number of carbonyl (C=O) groups excluding carboxylic acids is 3. The number of hydrogen-bond acceptors (Lipinski definition) is 4.